The third-order valence-electron chi connectivity index (χ3n) is 2.15. The quantitative estimate of drug-likeness (QED) is 0.564. The highest BCUT2D eigenvalue weighted by Crippen LogP contribution is 2.01. The molecule has 2 N–H and O–H groups in total. The predicted molar refractivity (Wildman–Crippen MR) is 49.1 cm³/mol. The SMILES string of the molecule is C[C@H]1NC(=O)CCCCCNC1=O. The van der Waals surface area contributed by atoms with Gasteiger partial charge in [-0.1, -0.05) is 6.42 Å². The van der Waals surface area contributed by atoms with Gasteiger partial charge in [-0.25, -0.2) is 0 Å². The maximum atomic E-state index is 11.3. The molecule has 1 rings (SSSR count). The van der Waals surface area contributed by atoms with E-state index >= 15 is 0 Å². The number of nitrogens with one attached hydrogen (secondary N) is 2. The third-order valence-corrected chi connectivity index (χ3v) is 2.15. The standard InChI is InChI=1S/C9H16N2O2/c1-7-9(13)10-6-4-2-3-5-8(12)11-7/h7H,2-6H2,1H3,(H,10,13)(H,11,12)/t7-/m1/s1. The summed E-state index contributed by atoms with van der Waals surface area (Å²) in [5.74, 6) is -0.111. The molecule has 0 saturated carbocycles. The molecule has 1 aliphatic heterocycles. The van der Waals surface area contributed by atoms with Gasteiger partial charge in [0, 0.05) is 13.0 Å². The van der Waals surface area contributed by atoms with Crippen molar-refractivity contribution in [2.24, 2.45) is 0 Å². The van der Waals surface area contributed by atoms with Crippen LogP contribution in [-0.4, -0.2) is 24.4 Å². The maximum absolute atomic E-state index is 11.3. The zero-order valence-electron chi connectivity index (χ0n) is 7.93. The van der Waals surface area contributed by atoms with Gasteiger partial charge in [-0.15, -0.1) is 0 Å². The molecular weight excluding hydrogens is 168 g/mol. The van der Waals surface area contributed by atoms with Gasteiger partial charge in [-0.05, 0) is 19.8 Å². The summed E-state index contributed by atoms with van der Waals surface area (Å²) in [6.45, 7) is 2.42. The van der Waals surface area contributed by atoms with E-state index < -0.39 is 6.04 Å². The van der Waals surface area contributed by atoms with Crippen LogP contribution in [0.5, 0.6) is 0 Å². The second-order valence-corrected chi connectivity index (χ2v) is 3.39. The third kappa shape index (κ3) is 3.44. The van der Waals surface area contributed by atoms with E-state index in [1.54, 1.807) is 6.92 Å². The zero-order chi connectivity index (χ0) is 9.68. The van der Waals surface area contributed by atoms with Crippen molar-refractivity contribution >= 4 is 11.8 Å². The van der Waals surface area contributed by atoms with Gasteiger partial charge in [-0.2, -0.15) is 0 Å². The van der Waals surface area contributed by atoms with Crippen LogP contribution in [0.3, 0.4) is 0 Å². The van der Waals surface area contributed by atoms with Crippen LogP contribution in [0.2, 0.25) is 0 Å². The first-order valence-corrected chi connectivity index (χ1v) is 4.77. The van der Waals surface area contributed by atoms with Crippen molar-refractivity contribution in [2.45, 2.75) is 38.6 Å². The Labute approximate surface area is 78.1 Å². The number of amides is 2. The average Bonchev–Trinajstić information content (AvgIpc) is 2.09. The van der Waals surface area contributed by atoms with E-state index in [4.69, 9.17) is 0 Å². The van der Waals surface area contributed by atoms with Gasteiger partial charge in [0.15, 0.2) is 0 Å². The summed E-state index contributed by atoms with van der Waals surface area (Å²) in [5, 5.41) is 5.42. The Hall–Kier alpha value is -1.06. The minimum atomic E-state index is -0.398. The maximum Gasteiger partial charge on any atom is 0.242 e. The second kappa shape index (κ2) is 4.84. The number of hydrogen-bond acceptors (Lipinski definition) is 2. The van der Waals surface area contributed by atoms with Crippen molar-refractivity contribution in [3.8, 4) is 0 Å². The van der Waals surface area contributed by atoms with Crippen LogP contribution in [-0.2, 0) is 9.59 Å². The minimum absolute atomic E-state index is 0.0236. The van der Waals surface area contributed by atoms with Gasteiger partial charge >= 0.3 is 0 Å². The van der Waals surface area contributed by atoms with E-state index in [0.29, 0.717) is 6.42 Å². The molecular formula is C9H16N2O2. The summed E-state index contributed by atoms with van der Waals surface area (Å²) in [4.78, 5) is 22.4. The highest BCUT2D eigenvalue weighted by Gasteiger charge is 2.15. The Balaban J connectivity index is 2.47. The summed E-state index contributed by atoms with van der Waals surface area (Å²) in [7, 11) is 0. The van der Waals surface area contributed by atoms with Crippen LogP contribution in [0.1, 0.15) is 32.6 Å². The summed E-state index contributed by atoms with van der Waals surface area (Å²) in [6.07, 6.45) is 3.42. The van der Waals surface area contributed by atoms with E-state index in [-0.39, 0.29) is 11.8 Å². The van der Waals surface area contributed by atoms with E-state index in [2.05, 4.69) is 10.6 Å². The molecule has 1 atom stereocenters. The number of hydrogen-bond donors (Lipinski definition) is 2. The van der Waals surface area contributed by atoms with Crippen LogP contribution in [0.25, 0.3) is 0 Å². The molecule has 4 nitrogen and oxygen atoms in total. The molecule has 2 amide bonds. The molecule has 0 radical (unpaired) electrons. The number of rotatable bonds is 0. The fourth-order valence-corrected chi connectivity index (χ4v) is 1.33. The molecule has 0 aliphatic carbocycles. The number of carbonyl (C=O) groups is 2. The Morgan fingerprint density at radius 2 is 2.00 bits per heavy atom. The molecule has 0 spiro atoms. The van der Waals surface area contributed by atoms with Crippen molar-refractivity contribution in [2.75, 3.05) is 6.54 Å². The van der Waals surface area contributed by atoms with Gasteiger partial charge in [0.25, 0.3) is 0 Å². The Morgan fingerprint density at radius 3 is 2.77 bits per heavy atom. The molecule has 0 aromatic rings. The second-order valence-electron chi connectivity index (χ2n) is 3.39. The Kier molecular flexibility index (Phi) is 3.73. The summed E-state index contributed by atoms with van der Waals surface area (Å²) in [6, 6.07) is -0.398. The monoisotopic (exact) mass is 184 g/mol. The highest BCUT2D eigenvalue weighted by atomic mass is 16.2. The molecule has 1 heterocycles. The highest BCUT2D eigenvalue weighted by molar-refractivity contribution is 5.87. The van der Waals surface area contributed by atoms with Crippen LogP contribution in [0, 0.1) is 0 Å². The zero-order valence-corrected chi connectivity index (χ0v) is 7.93. The first kappa shape index (κ1) is 10.0. The minimum Gasteiger partial charge on any atom is -0.354 e. The normalized spacial score (nSPS) is 26.1. The van der Waals surface area contributed by atoms with Crippen molar-refractivity contribution in [3.05, 3.63) is 0 Å². The van der Waals surface area contributed by atoms with E-state index in [1.807, 2.05) is 0 Å². The van der Waals surface area contributed by atoms with Gasteiger partial charge in [0.05, 0.1) is 0 Å². The van der Waals surface area contributed by atoms with E-state index in [1.165, 1.54) is 0 Å². The molecule has 0 bridgehead atoms. The van der Waals surface area contributed by atoms with E-state index in [9.17, 15) is 9.59 Å². The lowest BCUT2D eigenvalue weighted by Crippen LogP contribution is -2.45. The first-order chi connectivity index (χ1) is 6.20. The fourth-order valence-electron chi connectivity index (χ4n) is 1.33. The molecule has 74 valence electrons. The molecule has 0 aromatic heterocycles. The summed E-state index contributed by atoms with van der Waals surface area (Å²) >= 11 is 0. The summed E-state index contributed by atoms with van der Waals surface area (Å²) in [5.41, 5.74) is 0. The lowest BCUT2D eigenvalue weighted by atomic mass is 10.1. The predicted octanol–water partition coefficient (Wildman–Crippen LogP) is 0.181. The molecule has 4 heteroatoms. The first-order valence-electron chi connectivity index (χ1n) is 4.77. The largest absolute Gasteiger partial charge is 0.354 e. The van der Waals surface area contributed by atoms with Gasteiger partial charge < -0.3 is 10.6 Å². The van der Waals surface area contributed by atoms with Crippen LogP contribution >= 0.6 is 0 Å². The van der Waals surface area contributed by atoms with E-state index in [0.717, 1.165) is 25.8 Å². The summed E-state index contributed by atoms with van der Waals surface area (Å²) < 4.78 is 0. The molecule has 1 fully saturated rings. The van der Waals surface area contributed by atoms with Crippen LogP contribution in [0.15, 0.2) is 0 Å². The average molecular weight is 184 g/mol. The molecule has 13 heavy (non-hydrogen) atoms. The van der Waals surface area contributed by atoms with Crippen molar-refractivity contribution < 1.29 is 9.59 Å². The topological polar surface area (TPSA) is 58.2 Å². The van der Waals surface area contributed by atoms with Crippen molar-refractivity contribution in [3.63, 3.8) is 0 Å². The molecule has 1 aliphatic rings. The smallest absolute Gasteiger partial charge is 0.242 e. The molecule has 0 unspecified atom stereocenters. The molecule has 1 saturated heterocycles. The van der Waals surface area contributed by atoms with Gasteiger partial charge in [0.1, 0.15) is 6.04 Å². The van der Waals surface area contributed by atoms with Crippen molar-refractivity contribution in [1.82, 2.24) is 10.6 Å². The Morgan fingerprint density at radius 1 is 1.23 bits per heavy atom. The lowest BCUT2D eigenvalue weighted by Gasteiger charge is -2.15. The molecule has 0 aromatic carbocycles. The van der Waals surface area contributed by atoms with Crippen LogP contribution in [0.4, 0.5) is 0 Å². The van der Waals surface area contributed by atoms with Crippen LogP contribution < -0.4 is 10.6 Å². The van der Waals surface area contributed by atoms with Gasteiger partial charge in [0.2, 0.25) is 11.8 Å². The fraction of sp³-hybridized carbons (Fsp3) is 0.778. The lowest BCUT2D eigenvalue weighted by molar-refractivity contribution is -0.128. The van der Waals surface area contributed by atoms with Crippen molar-refractivity contribution in [1.29, 1.82) is 0 Å². The Bertz CT molecular complexity index is 204. The number of carbonyl (C=O) groups excluding carboxylic acids is 2. The van der Waals surface area contributed by atoms with Gasteiger partial charge in [-0.3, -0.25) is 9.59 Å².